The molecule has 1 atom stereocenters. The van der Waals surface area contributed by atoms with Crippen molar-refractivity contribution >= 4 is 5.97 Å². The minimum absolute atomic E-state index is 0.0571. The van der Waals surface area contributed by atoms with Gasteiger partial charge in [0.1, 0.15) is 5.75 Å². The summed E-state index contributed by atoms with van der Waals surface area (Å²) in [4.78, 5) is 11.4. The number of hydrogen-bond donors (Lipinski definition) is 1. The first-order chi connectivity index (χ1) is 9.52. The van der Waals surface area contributed by atoms with Crippen molar-refractivity contribution < 1.29 is 14.3 Å². The molecule has 20 heavy (non-hydrogen) atoms. The molecule has 0 spiro atoms. The molecule has 1 N–H and O–H groups in total. The lowest BCUT2D eigenvalue weighted by Gasteiger charge is -2.15. The van der Waals surface area contributed by atoms with E-state index >= 15 is 0 Å². The van der Waals surface area contributed by atoms with E-state index < -0.39 is 0 Å². The molecule has 0 bridgehead atoms. The normalized spacial score (nSPS) is 12.2. The number of rotatable bonds is 8. The number of carbonyl (C=O) groups is 1. The van der Waals surface area contributed by atoms with Gasteiger partial charge < -0.3 is 14.8 Å². The number of benzene rings is 1. The summed E-state index contributed by atoms with van der Waals surface area (Å²) in [6, 6.07) is 8.05. The van der Waals surface area contributed by atoms with Crippen LogP contribution in [-0.4, -0.2) is 25.2 Å². The lowest BCUT2D eigenvalue weighted by atomic mass is 10.1. The molecule has 0 saturated heterocycles. The highest BCUT2D eigenvalue weighted by molar-refractivity contribution is 5.71. The molecular formula is C16H25NO3. The minimum atomic E-state index is -0.345. The summed E-state index contributed by atoms with van der Waals surface area (Å²) in [6.07, 6.45) is 0.984. The highest BCUT2D eigenvalue weighted by Crippen LogP contribution is 2.19. The first-order valence-corrected chi connectivity index (χ1v) is 7.18. The van der Waals surface area contributed by atoms with Crippen molar-refractivity contribution in [2.45, 2.75) is 46.3 Å². The SMILES string of the molecule is CCCNC(C)c1cccc(OCC(=O)OC(C)C)c1. The van der Waals surface area contributed by atoms with E-state index in [9.17, 15) is 4.79 Å². The predicted molar refractivity (Wildman–Crippen MR) is 79.9 cm³/mol. The van der Waals surface area contributed by atoms with Crippen molar-refractivity contribution in [3.05, 3.63) is 29.8 Å². The molecule has 0 amide bonds. The van der Waals surface area contributed by atoms with Gasteiger partial charge in [0.25, 0.3) is 0 Å². The van der Waals surface area contributed by atoms with E-state index in [0.29, 0.717) is 5.75 Å². The van der Waals surface area contributed by atoms with E-state index in [-0.39, 0.29) is 24.7 Å². The molecule has 0 aliphatic carbocycles. The Labute approximate surface area is 121 Å². The monoisotopic (exact) mass is 279 g/mol. The summed E-state index contributed by atoms with van der Waals surface area (Å²) < 4.78 is 10.5. The molecule has 0 saturated carbocycles. The first-order valence-electron chi connectivity index (χ1n) is 7.18. The second-order valence-electron chi connectivity index (χ2n) is 5.08. The van der Waals surface area contributed by atoms with Gasteiger partial charge >= 0.3 is 5.97 Å². The van der Waals surface area contributed by atoms with Crippen LogP contribution in [0, 0.1) is 0 Å². The standard InChI is InChI=1S/C16H25NO3/c1-5-9-17-13(4)14-7-6-8-15(10-14)19-11-16(18)20-12(2)3/h6-8,10,12-13,17H,5,9,11H2,1-4H3. The minimum Gasteiger partial charge on any atom is -0.482 e. The van der Waals surface area contributed by atoms with Crippen LogP contribution >= 0.6 is 0 Å². The third kappa shape index (κ3) is 6.06. The average Bonchev–Trinajstić information content (AvgIpc) is 2.42. The largest absolute Gasteiger partial charge is 0.482 e. The molecule has 1 aromatic carbocycles. The number of ether oxygens (including phenoxy) is 2. The lowest BCUT2D eigenvalue weighted by Crippen LogP contribution is -2.20. The molecule has 1 unspecified atom stereocenters. The summed E-state index contributed by atoms with van der Waals surface area (Å²) in [7, 11) is 0. The molecule has 0 aliphatic rings. The van der Waals surface area contributed by atoms with Gasteiger partial charge in [-0.1, -0.05) is 19.1 Å². The van der Waals surface area contributed by atoms with Gasteiger partial charge in [-0.25, -0.2) is 4.79 Å². The van der Waals surface area contributed by atoms with Gasteiger partial charge in [0, 0.05) is 6.04 Å². The third-order valence-electron chi connectivity index (χ3n) is 2.78. The topological polar surface area (TPSA) is 47.6 Å². The fraction of sp³-hybridized carbons (Fsp3) is 0.562. The maximum absolute atomic E-state index is 11.4. The van der Waals surface area contributed by atoms with E-state index in [1.54, 1.807) is 0 Å². The third-order valence-corrected chi connectivity index (χ3v) is 2.78. The fourth-order valence-corrected chi connectivity index (χ4v) is 1.79. The van der Waals surface area contributed by atoms with Crippen LogP contribution < -0.4 is 10.1 Å². The van der Waals surface area contributed by atoms with E-state index in [1.165, 1.54) is 0 Å². The van der Waals surface area contributed by atoms with Crippen LogP contribution in [0.15, 0.2) is 24.3 Å². The van der Waals surface area contributed by atoms with Crippen molar-refractivity contribution in [3.63, 3.8) is 0 Å². The smallest absolute Gasteiger partial charge is 0.344 e. The molecule has 4 heteroatoms. The fourth-order valence-electron chi connectivity index (χ4n) is 1.79. The predicted octanol–water partition coefficient (Wildman–Crippen LogP) is 3.08. The molecule has 112 valence electrons. The Kier molecular flexibility index (Phi) is 7.09. The Morgan fingerprint density at radius 2 is 2.05 bits per heavy atom. The molecule has 0 aromatic heterocycles. The van der Waals surface area contributed by atoms with E-state index in [2.05, 4.69) is 19.2 Å². The van der Waals surface area contributed by atoms with E-state index in [0.717, 1.165) is 18.5 Å². The van der Waals surface area contributed by atoms with Gasteiger partial charge in [0.15, 0.2) is 6.61 Å². The summed E-state index contributed by atoms with van der Waals surface area (Å²) in [6.45, 7) is 8.81. The molecule has 4 nitrogen and oxygen atoms in total. The highest BCUT2D eigenvalue weighted by atomic mass is 16.6. The zero-order chi connectivity index (χ0) is 15.0. The Balaban J connectivity index is 2.53. The van der Waals surface area contributed by atoms with Crippen LogP contribution in [0.4, 0.5) is 0 Å². The van der Waals surface area contributed by atoms with Crippen molar-refractivity contribution in [1.82, 2.24) is 5.32 Å². The Morgan fingerprint density at radius 3 is 2.70 bits per heavy atom. The van der Waals surface area contributed by atoms with E-state index in [1.807, 2.05) is 38.1 Å². The molecule has 0 radical (unpaired) electrons. The van der Waals surface area contributed by atoms with Gasteiger partial charge in [0.2, 0.25) is 0 Å². The lowest BCUT2D eigenvalue weighted by molar-refractivity contribution is -0.149. The summed E-state index contributed by atoms with van der Waals surface area (Å²) >= 11 is 0. The van der Waals surface area contributed by atoms with Gasteiger partial charge in [0.05, 0.1) is 6.10 Å². The van der Waals surface area contributed by atoms with Crippen molar-refractivity contribution in [3.8, 4) is 5.75 Å². The van der Waals surface area contributed by atoms with Crippen molar-refractivity contribution in [2.24, 2.45) is 0 Å². The number of nitrogens with one attached hydrogen (secondary N) is 1. The van der Waals surface area contributed by atoms with Gasteiger partial charge in [-0.15, -0.1) is 0 Å². The van der Waals surface area contributed by atoms with Crippen molar-refractivity contribution in [1.29, 1.82) is 0 Å². The Hall–Kier alpha value is -1.55. The quantitative estimate of drug-likeness (QED) is 0.743. The van der Waals surface area contributed by atoms with Crippen LogP contribution in [0.2, 0.25) is 0 Å². The van der Waals surface area contributed by atoms with Gasteiger partial charge in [-0.2, -0.15) is 0 Å². The van der Waals surface area contributed by atoms with Crippen LogP contribution in [0.25, 0.3) is 0 Å². The van der Waals surface area contributed by atoms with Crippen LogP contribution in [-0.2, 0) is 9.53 Å². The zero-order valence-corrected chi connectivity index (χ0v) is 12.8. The first kappa shape index (κ1) is 16.5. The molecule has 0 fully saturated rings. The van der Waals surface area contributed by atoms with E-state index in [4.69, 9.17) is 9.47 Å². The number of esters is 1. The van der Waals surface area contributed by atoms with Crippen LogP contribution in [0.3, 0.4) is 0 Å². The molecule has 0 aliphatic heterocycles. The number of carbonyl (C=O) groups excluding carboxylic acids is 1. The number of hydrogen-bond acceptors (Lipinski definition) is 4. The zero-order valence-electron chi connectivity index (χ0n) is 12.8. The van der Waals surface area contributed by atoms with Crippen LogP contribution in [0.1, 0.15) is 45.7 Å². The maximum atomic E-state index is 11.4. The average molecular weight is 279 g/mol. The summed E-state index contributed by atoms with van der Waals surface area (Å²) in [5.41, 5.74) is 1.15. The van der Waals surface area contributed by atoms with Gasteiger partial charge in [-0.05, 0) is 51.4 Å². The maximum Gasteiger partial charge on any atom is 0.344 e. The second-order valence-corrected chi connectivity index (χ2v) is 5.08. The second kappa shape index (κ2) is 8.59. The van der Waals surface area contributed by atoms with Crippen molar-refractivity contribution in [2.75, 3.05) is 13.2 Å². The summed E-state index contributed by atoms with van der Waals surface area (Å²) in [5, 5.41) is 3.42. The Bertz CT molecular complexity index is 418. The summed E-state index contributed by atoms with van der Waals surface area (Å²) in [5.74, 6) is 0.343. The molecule has 0 heterocycles. The molecule has 1 rings (SSSR count). The molecule has 1 aromatic rings. The Morgan fingerprint density at radius 1 is 1.30 bits per heavy atom. The molecular weight excluding hydrogens is 254 g/mol. The highest BCUT2D eigenvalue weighted by Gasteiger charge is 2.08. The van der Waals surface area contributed by atoms with Gasteiger partial charge in [-0.3, -0.25) is 0 Å². The van der Waals surface area contributed by atoms with Crippen LogP contribution in [0.5, 0.6) is 5.75 Å².